The lowest BCUT2D eigenvalue weighted by molar-refractivity contribution is -0.147. The number of nitrogens with zero attached hydrogens (tertiary/aromatic N) is 3. The third-order valence-electron chi connectivity index (χ3n) is 4.82. The van der Waals surface area contributed by atoms with Crippen molar-refractivity contribution in [2.45, 2.75) is 26.2 Å². The van der Waals surface area contributed by atoms with Gasteiger partial charge in [-0.3, -0.25) is 19.2 Å². The highest BCUT2D eigenvalue weighted by molar-refractivity contribution is 5.91. The highest BCUT2D eigenvalue weighted by Crippen LogP contribution is 2.20. The van der Waals surface area contributed by atoms with Gasteiger partial charge in [-0.15, -0.1) is 0 Å². The Balaban J connectivity index is 1.88. The van der Waals surface area contributed by atoms with Crippen molar-refractivity contribution in [1.29, 1.82) is 0 Å². The minimum atomic E-state index is -0.888. The van der Waals surface area contributed by atoms with Gasteiger partial charge in [-0.25, -0.2) is 0 Å². The molecule has 0 spiro atoms. The molecule has 0 aromatic heterocycles. The second-order valence-corrected chi connectivity index (χ2v) is 6.54. The molecule has 8 heteroatoms. The molecule has 2 fully saturated rings. The third-order valence-corrected chi connectivity index (χ3v) is 4.82. The smallest absolute Gasteiger partial charge is 0.308 e. The van der Waals surface area contributed by atoms with E-state index in [2.05, 4.69) is 0 Å². The zero-order valence-electron chi connectivity index (χ0n) is 14.2. The van der Waals surface area contributed by atoms with E-state index in [1.54, 1.807) is 11.9 Å². The Morgan fingerprint density at radius 2 is 1.96 bits per heavy atom. The molecule has 2 aliphatic rings. The van der Waals surface area contributed by atoms with E-state index >= 15 is 0 Å². The molecule has 1 N–H and O–H groups in total. The summed E-state index contributed by atoms with van der Waals surface area (Å²) >= 11 is 0. The van der Waals surface area contributed by atoms with Crippen molar-refractivity contribution in [2.75, 3.05) is 39.8 Å². The van der Waals surface area contributed by atoms with E-state index in [9.17, 15) is 19.2 Å². The maximum Gasteiger partial charge on any atom is 0.308 e. The van der Waals surface area contributed by atoms with Crippen molar-refractivity contribution in [3.05, 3.63) is 0 Å². The Morgan fingerprint density at radius 3 is 2.54 bits per heavy atom. The number of carboxylic acids is 1. The van der Waals surface area contributed by atoms with E-state index in [4.69, 9.17) is 5.11 Å². The minimum Gasteiger partial charge on any atom is -0.481 e. The van der Waals surface area contributed by atoms with E-state index in [-0.39, 0.29) is 37.2 Å². The topological polar surface area (TPSA) is 98.2 Å². The molecule has 24 heavy (non-hydrogen) atoms. The van der Waals surface area contributed by atoms with Crippen LogP contribution in [-0.2, 0) is 19.2 Å². The van der Waals surface area contributed by atoms with Gasteiger partial charge in [0.1, 0.15) is 0 Å². The number of carbonyl (C=O) groups excluding carboxylic acids is 3. The molecule has 0 saturated carbocycles. The fourth-order valence-corrected chi connectivity index (χ4v) is 3.34. The maximum atomic E-state index is 12.4. The lowest BCUT2D eigenvalue weighted by atomic mass is 9.98. The SMILES string of the molecule is CCN1CC(C(=O)N(C)CC(=O)N2CCCC(C(=O)O)C2)CC1=O. The minimum absolute atomic E-state index is 0.0316. The molecule has 3 amide bonds. The van der Waals surface area contributed by atoms with Crippen LogP contribution >= 0.6 is 0 Å². The van der Waals surface area contributed by atoms with Gasteiger partial charge in [0.25, 0.3) is 0 Å². The van der Waals surface area contributed by atoms with Crippen molar-refractivity contribution < 1.29 is 24.3 Å². The predicted molar refractivity (Wildman–Crippen MR) is 84.9 cm³/mol. The van der Waals surface area contributed by atoms with E-state index in [0.717, 1.165) is 0 Å². The molecule has 134 valence electrons. The van der Waals surface area contributed by atoms with Gasteiger partial charge in [0.15, 0.2) is 0 Å². The average molecular weight is 339 g/mol. The zero-order valence-corrected chi connectivity index (χ0v) is 14.2. The zero-order chi connectivity index (χ0) is 17.9. The van der Waals surface area contributed by atoms with Crippen molar-refractivity contribution in [3.63, 3.8) is 0 Å². The van der Waals surface area contributed by atoms with Crippen LogP contribution in [0.4, 0.5) is 0 Å². The van der Waals surface area contributed by atoms with Gasteiger partial charge in [0.05, 0.1) is 18.4 Å². The summed E-state index contributed by atoms with van der Waals surface area (Å²) in [5, 5.41) is 9.09. The molecule has 8 nitrogen and oxygen atoms in total. The predicted octanol–water partition coefficient (Wildman–Crippen LogP) is -0.364. The maximum absolute atomic E-state index is 12.4. The number of hydrogen-bond acceptors (Lipinski definition) is 4. The third kappa shape index (κ3) is 4.04. The van der Waals surface area contributed by atoms with Crippen molar-refractivity contribution in [3.8, 4) is 0 Å². The molecule has 0 bridgehead atoms. The Hall–Kier alpha value is -2.12. The molecule has 2 unspecified atom stereocenters. The molecule has 0 aliphatic carbocycles. The van der Waals surface area contributed by atoms with Crippen LogP contribution in [0.15, 0.2) is 0 Å². The van der Waals surface area contributed by atoms with Crippen LogP contribution in [0.3, 0.4) is 0 Å². The summed E-state index contributed by atoms with van der Waals surface area (Å²) in [6.45, 7) is 3.49. The molecule has 0 radical (unpaired) electrons. The van der Waals surface area contributed by atoms with Crippen LogP contribution in [0.2, 0.25) is 0 Å². The highest BCUT2D eigenvalue weighted by Gasteiger charge is 2.36. The van der Waals surface area contributed by atoms with Gasteiger partial charge in [0.2, 0.25) is 17.7 Å². The number of likely N-dealkylation sites (tertiary alicyclic amines) is 2. The normalized spacial score (nSPS) is 24.2. The number of piperidine rings is 1. The molecule has 2 heterocycles. The lowest BCUT2D eigenvalue weighted by Gasteiger charge is -2.32. The highest BCUT2D eigenvalue weighted by atomic mass is 16.4. The summed E-state index contributed by atoms with van der Waals surface area (Å²) in [7, 11) is 1.55. The Labute approximate surface area is 141 Å². The standard InChI is InChI=1S/C16H25N3O5/c1-3-18-9-12(7-13(18)20)15(22)17(2)10-14(21)19-6-4-5-11(8-19)16(23)24/h11-12H,3-10H2,1-2H3,(H,23,24). The van der Waals surface area contributed by atoms with Crippen LogP contribution < -0.4 is 0 Å². The first-order chi connectivity index (χ1) is 11.3. The molecular weight excluding hydrogens is 314 g/mol. The summed E-state index contributed by atoms with van der Waals surface area (Å²) in [5.41, 5.74) is 0. The Bertz CT molecular complexity index is 536. The van der Waals surface area contributed by atoms with Crippen LogP contribution in [0, 0.1) is 11.8 Å². The van der Waals surface area contributed by atoms with Gasteiger partial charge in [0, 0.05) is 39.6 Å². The fraction of sp³-hybridized carbons (Fsp3) is 0.750. The molecule has 2 saturated heterocycles. The number of carbonyl (C=O) groups is 4. The molecule has 2 atom stereocenters. The molecule has 0 aromatic carbocycles. The van der Waals surface area contributed by atoms with Crippen LogP contribution in [-0.4, -0.2) is 83.3 Å². The number of likely N-dealkylation sites (N-methyl/N-ethyl adjacent to an activating group) is 1. The summed E-state index contributed by atoms with van der Waals surface area (Å²) in [5.74, 6) is -2.30. The van der Waals surface area contributed by atoms with Crippen molar-refractivity contribution >= 4 is 23.7 Å². The Morgan fingerprint density at radius 1 is 1.25 bits per heavy atom. The lowest BCUT2D eigenvalue weighted by Crippen LogP contribution is -2.47. The molecule has 2 rings (SSSR count). The van der Waals surface area contributed by atoms with E-state index in [0.29, 0.717) is 32.5 Å². The molecule has 0 aromatic rings. The summed E-state index contributed by atoms with van der Waals surface area (Å²) in [6, 6.07) is 0. The summed E-state index contributed by atoms with van der Waals surface area (Å²) < 4.78 is 0. The van der Waals surface area contributed by atoms with E-state index in [1.165, 1.54) is 9.80 Å². The van der Waals surface area contributed by atoms with Crippen molar-refractivity contribution in [2.24, 2.45) is 11.8 Å². The Kier molecular flexibility index (Phi) is 5.80. The van der Waals surface area contributed by atoms with Crippen LogP contribution in [0.5, 0.6) is 0 Å². The van der Waals surface area contributed by atoms with E-state index < -0.39 is 17.8 Å². The van der Waals surface area contributed by atoms with Gasteiger partial charge in [-0.05, 0) is 19.8 Å². The number of hydrogen-bond donors (Lipinski definition) is 1. The average Bonchev–Trinajstić information content (AvgIpc) is 2.94. The number of rotatable bonds is 5. The van der Waals surface area contributed by atoms with Gasteiger partial charge in [-0.2, -0.15) is 0 Å². The first-order valence-electron chi connectivity index (χ1n) is 8.36. The van der Waals surface area contributed by atoms with Gasteiger partial charge >= 0.3 is 5.97 Å². The van der Waals surface area contributed by atoms with Crippen LogP contribution in [0.25, 0.3) is 0 Å². The molecule has 2 aliphatic heterocycles. The largest absolute Gasteiger partial charge is 0.481 e. The second-order valence-electron chi connectivity index (χ2n) is 6.54. The summed E-state index contributed by atoms with van der Waals surface area (Å²) in [4.78, 5) is 52.1. The van der Waals surface area contributed by atoms with Gasteiger partial charge in [-0.1, -0.05) is 0 Å². The quantitative estimate of drug-likeness (QED) is 0.737. The van der Waals surface area contributed by atoms with Gasteiger partial charge < -0.3 is 19.8 Å². The number of carboxylic acid groups (broad SMARTS) is 1. The first-order valence-corrected chi connectivity index (χ1v) is 8.36. The summed E-state index contributed by atoms with van der Waals surface area (Å²) in [6.07, 6.45) is 1.42. The van der Waals surface area contributed by atoms with E-state index in [1.807, 2.05) is 6.92 Å². The first kappa shape index (κ1) is 18.2. The second kappa shape index (κ2) is 7.63. The van der Waals surface area contributed by atoms with Crippen LogP contribution in [0.1, 0.15) is 26.2 Å². The van der Waals surface area contributed by atoms with Crippen molar-refractivity contribution in [1.82, 2.24) is 14.7 Å². The number of aliphatic carboxylic acids is 1. The monoisotopic (exact) mass is 339 g/mol. The number of amides is 3. The molecular formula is C16H25N3O5. The fourth-order valence-electron chi connectivity index (χ4n) is 3.34.